The van der Waals surface area contributed by atoms with Gasteiger partial charge in [0.15, 0.2) is 0 Å². The molecule has 0 aromatic rings. The van der Waals surface area contributed by atoms with Crippen LogP contribution in [0, 0.1) is 0 Å². The van der Waals surface area contributed by atoms with E-state index in [1.54, 1.807) is 0 Å². The van der Waals surface area contributed by atoms with E-state index in [4.69, 9.17) is 4.74 Å². The molecule has 0 aromatic carbocycles. The van der Waals surface area contributed by atoms with Gasteiger partial charge in [0.1, 0.15) is 0 Å². The van der Waals surface area contributed by atoms with E-state index in [0.717, 1.165) is 0 Å². The average Bonchev–Trinajstić information content (AvgIpc) is 2.45. The third-order valence-electron chi connectivity index (χ3n) is 4.16. The molecule has 0 radical (unpaired) electrons. The summed E-state index contributed by atoms with van der Waals surface area (Å²) in [6.07, 6.45) is 10.1. The molecule has 0 bridgehead atoms. The molecule has 0 spiro atoms. The molecule has 0 saturated heterocycles. The van der Waals surface area contributed by atoms with Crippen LogP contribution in [0.5, 0.6) is 0 Å². The Hall–Kier alpha value is 0.00870. The van der Waals surface area contributed by atoms with Gasteiger partial charge in [-0.05, 0) is 0 Å². The molecule has 0 fully saturated rings. The van der Waals surface area contributed by atoms with Gasteiger partial charge in [0, 0.05) is 0 Å². The predicted molar refractivity (Wildman–Crippen MR) is 95.3 cm³/mol. The second-order valence-corrected chi connectivity index (χ2v) is 19.4. The molecule has 0 N–H and O–H groups in total. The molecule has 1 unspecified atom stereocenters. The number of esters is 1. The molecule has 3 heteroatoms. The van der Waals surface area contributed by atoms with E-state index in [-0.39, 0.29) is 12.1 Å². The Morgan fingerprint density at radius 3 is 1.76 bits per heavy atom. The standard InChI is InChI=1S/C6H9O2.3C4H9.Sn/c1-4-5(2)8-6(3)7;3*1-3-4-2;/h1,4-5H,2-3H3;3*1,3-4H2,2H3;. The number of carbonyl (C=O) groups excluding carboxylic acids is 1. The van der Waals surface area contributed by atoms with Crippen molar-refractivity contribution in [2.45, 2.75) is 92.6 Å². The van der Waals surface area contributed by atoms with Gasteiger partial charge in [0.25, 0.3) is 0 Å². The summed E-state index contributed by atoms with van der Waals surface area (Å²) < 4.78 is 12.2. The first-order valence-corrected chi connectivity index (χ1v) is 16.6. The molecule has 0 heterocycles. The fourth-order valence-corrected chi connectivity index (χ4v) is 17.4. The first-order chi connectivity index (χ1) is 9.99. The van der Waals surface area contributed by atoms with Crippen LogP contribution in [0.25, 0.3) is 0 Å². The zero-order valence-corrected chi connectivity index (χ0v) is 17.8. The number of carbonyl (C=O) groups is 1. The van der Waals surface area contributed by atoms with Crippen molar-refractivity contribution < 1.29 is 9.53 Å². The Kier molecular flexibility index (Phi) is 12.5. The molecule has 0 aliphatic heterocycles. The zero-order valence-electron chi connectivity index (χ0n) is 14.9. The van der Waals surface area contributed by atoms with E-state index in [2.05, 4.69) is 30.9 Å². The molecule has 0 aliphatic carbocycles. The van der Waals surface area contributed by atoms with Gasteiger partial charge >= 0.3 is 137 Å². The van der Waals surface area contributed by atoms with E-state index in [1.807, 2.05) is 6.92 Å². The number of unbranched alkanes of at least 4 members (excludes halogenated alkanes) is 3. The molecule has 1 atom stereocenters. The Morgan fingerprint density at radius 1 is 1.00 bits per heavy atom. The molecular weight excluding hydrogens is 367 g/mol. The quantitative estimate of drug-likeness (QED) is 0.300. The molecular formula is C18H36O2Sn. The monoisotopic (exact) mass is 404 g/mol. The van der Waals surface area contributed by atoms with E-state index >= 15 is 0 Å². The van der Waals surface area contributed by atoms with Gasteiger partial charge in [-0.15, -0.1) is 0 Å². The van der Waals surface area contributed by atoms with Crippen LogP contribution in [0.3, 0.4) is 0 Å². The Labute approximate surface area is 136 Å². The topological polar surface area (TPSA) is 26.3 Å². The Morgan fingerprint density at radius 2 is 1.43 bits per heavy atom. The second-order valence-electron chi connectivity index (χ2n) is 6.35. The van der Waals surface area contributed by atoms with Gasteiger partial charge < -0.3 is 0 Å². The normalized spacial score (nSPS) is 13.6. The summed E-state index contributed by atoms with van der Waals surface area (Å²) in [4.78, 5) is 11.1. The van der Waals surface area contributed by atoms with Gasteiger partial charge in [0.05, 0.1) is 0 Å². The summed E-state index contributed by atoms with van der Waals surface area (Å²) in [5.74, 6) is -0.177. The fraction of sp³-hybridized carbons (Fsp3) is 0.833. The van der Waals surface area contributed by atoms with Crippen molar-refractivity contribution in [3.05, 3.63) is 10.2 Å². The van der Waals surface area contributed by atoms with Crippen LogP contribution in [0.1, 0.15) is 73.1 Å². The van der Waals surface area contributed by atoms with Crippen molar-refractivity contribution in [1.82, 2.24) is 0 Å². The van der Waals surface area contributed by atoms with Crippen molar-refractivity contribution in [1.29, 1.82) is 0 Å². The molecule has 0 amide bonds. The molecule has 0 aliphatic rings. The van der Waals surface area contributed by atoms with E-state index < -0.39 is 18.4 Å². The fourth-order valence-electron chi connectivity index (χ4n) is 2.85. The minimum atomic E-state index is -2.19. The maximum absolute atomic E-state index is 11.1. The summed E-state index contributed by atoms with van der Waals surface area (Å²) in [6.45, 7) is 10.4. The summed E-state index contributed by atoms with van der Waals surface area (Å²) in [5.41, 5.74) is 0. The average molecular weight is 403 g/mol. The van der Waals surface area contributed by atoms with Crippen molar-refractivity contribution in [2.75, 3.05) is 0 Å². The first-order valence-electron chi connectivity index (χ1n) is 8.86. The van der Waals surface area contributed by atoms with Crippen LogP contribution >= 0.6 is 0 Å². The third-order valence-corrected chi connectivity index (χ3v) is 18.3. The van der Waals surface area contributed by atoms with Crippen LogP contribution in [-0.2, 0) is 9.53 Å². The first kappa shape index (κ1) is 21.0. The SMILES string of the molecule is CCC[CH2][Sn](/[CH]=C/C(C)OC(C)=O)([CH2]CCC)[CH2]CCC. The summed E-state index contributed by atoms with van der Waals surface area (Å²) >= 11 is -2.19. The molecule has 21 heavy (non-hydrogen) atoms. The molecule has 2 nitrogen and oxygen atoms in total. The van der Waals surface area contributed by atoms with Gasteiger partial charge in [-0.1, -0.05) is 0 Å². The van der Waals surface area contributed by atoms with Crippen LogP contribution in [0.2, 0.25) is 13.3 Å². The number of rotatable bonds is 12. The van der Waals surface area contributed by atoms with Gasteiger partial charge in [-0.2, -0.15) is 0 Å². The van der Waals surface area contributed by atoms with Crippen LogP contribution < -0.4 is 0 Å². The van der Waals surface area contributed by atoms with Crippen LogP contribution in [-0.4, -0.2) is 30.5 Å². The summed E-state index contributed by atoms with van der Waals surface area (Å²) in [7, 11) is 0. The number of hydrogen-bond donors (Lipinski definition) is 0. The van der Waals surface area contributed by atoms with Crippen LogP contribution in [0.15, 0.2) is 10.2 Å². The molecule has 0 aromatic heterocycles. The molecule has 0 saturated carbocycles. The second kappa shape index (κ2) is 12.5. The van der Waals surface area contributed by atoms with Crippen LogP contribution in [0.4, 0.5) is 0 Å². The van der Waals surface area contributed by atoms with Crippen molar-refractivity contribution in [2.24, 2.45) is 0 Å². The summed E-state index contributed by atoms with van der Waals surface area (Å²) in [6, 6.07) is 0. The van der Waals surface area contributed by atoms with Crippen molar-refractivity contribution in [3.8, 4) is 0 Å². The van der Waals surface area contributed by atoms with Crippen molar-refractivity contribution >= 4 is 24.3 Å². The Balaban J connectivity index is 4.91. The van der Waals surface area contributed by atoms with E-state index in [9.17, 15) is 4.79 Å². The van der Waals surface area contributed by atoms with Gasteiger partial charge in [0.2, 0.25) is 0 Å². The Bertz CT molecular complexity index is 278. The molecule has 0 rings (SSSR count). The minimum absolute atomic E-state index is 0.0662. The third kappa shape index (κ3) is 10.4. The number of hydrogen-bond acceptors (Lipinski definition) is 2. The maximum atomic E-state index is 11.1. The van der Waals surface area contributed by atoms with E-state index in [1.165, 1.54) is 58.8 Å². The molecule has 124 valence electrons. The van der Waals surface area contributed by atoms with Crippen molar-refractivity contribution in [3.63, 3.8) is 0 Å². The van der Waals surface area contributed by atoms with Gasteiger partial charge in [-0.25, -0.2) is 0 Å². The number of ether oxygens (including phenoxy) is 1. The predicted octanol–water partition coefficient (Wildman–Crippen LogP) is 5.88. The van der Waals surface area contributed by atoms with E-state index in [0.29, 0.717) is 0 Å². The zero-order chi connectivity index (χ0) is 16.1. The van der Waals surface area contributed by atoms with Gasteiger partial charge in [-0.3, -0.25) is 0 Å². The summed E-state index contributed by atoms with van der Waals surface area (Å²) in [5, 5.41) is 0.